The van der Waals surface area contributed by atoms with Crippen LogP contribution in [0.2, 0.25) is 0 Å². The monoisotopic (exact) mass is 253 g/mol. The Balaban J connectivity index is 2.09. The van der Waals surface area contributed by atoms with Crippen LogP contribution in [0.3, 0.4) is 0 Å². The molecule has 3 heteroatoms. The molecular formula is C7H12INO. The second-order valence-corrected chi connectivity index (χ2v) is 4.47. The van der Waals surface area contributed by atoms with Gasteiger partial charge >= 0.3 is 0 Å². The van der Waals surface area contributed by atoms with Crippen LogP contribution in [0.15, 0.2) is 0 Å². The number of fused-ring (bicyclic) bond motifs is 2. The average molecular weight is 253 g/mol. The van der Waals surface area contributed by atoms with Gasteiger partial charge in [0.25, 0.3) is 0 Å². The van der Waals surface area contributed by atoms with Crippen LogP contribution in [0.5, 0.6) is 0 Å². The summed E-state index contributed by atoms with van der Waals surface area (Å²) in [6, 6.07) is 1.35. The molecule has 10 heavy (non-hydrogen) atoms. The second-order valence-electron chi connectivity index (χ2n) is 3.35. The molecule has 0 aromatic heterocycles. The maximum absolute atomic E-state index is 9.38. The number of rotatable bonds is 0. The van der Waals surface area contributed by atoms with Crippen molar-refractivity contribution in [3.8, 4) is 0 Å². The Morgan fingerprint density at radius 3 is 2.20 bits per heavy atom. The Bertz CT molecular complexity index is 128. The van der Waals surface area contributed by atoms with Crippen LogP contribution in [-0.2, 0) is 0 Å². The van der Waals surface area contributed by atoms with Crippen LogP contribution < -0.4 is 0 Å². The molecule has 2 saturated heterocycles. The van der Waals surface area contributed by atoms with E-state index < -0.39 is 0 Å². The molecule has 2 aliphatic heterocycles. The van der Waals surface area contributed by atoms with Crippen molar-refractivity contribution in [1.82, 2.24) is 3.11 Å². The topological polar surface area (TPSA) is 23.5 Å². The highest BCUT2D eigenvalue weighted by atomic mass is 127. The molecule has 1 N–H and O–H groups in total. The molecule has 0 radical (unpaired) electrons. The number of aliphatic hydroxyl groups is 1. The lowest BCUT2D eigenvalue weighted by molar-refractivity contribution is 0.0883. The molecule has 2 rings (SSSR count). The summed E-state index contributed by atoms with van der Waals surface area (Å²) >= 11 is 2.40. The van der Waals surface area contributed by atoms with Crippen molar-refractivity contribution < 1.29 is 5.11 Å². The quantitative estimate of drug-likeness (QED) is 0.520. The van der Waals surface area contributed by atoms with Crippen molar-refractivity contribution in [2.45, 2.75) is 43.9 Å². The first-order chi connectivity index (χ1) is 4.77. The summed E-state index contributed by atoms with van der Waals surface area (Å²) in [6.07, 6.45) is 4.58. The van der Waals surface area contributed by atoms with Crippen molar-refractivity contribution in [1.29, 1.82) is 0 Å². The first kappa shape index (κ1) is 7.31. The summed E-state index contributed by atoms with van der Waals surface area (Å²) in [6.45, 7) is 0. The third-order valence-corrected chi connectivity index (χ3v) is 4.19. The molecule has 0 aromatic rings. The van der Waals surface area contributed by atoms with Crippen molar-refractivity contribution >= 4 is 22.9 Å². The molecule has 0 saturated carbocycles. The van der Waals surface area contributed by atoms with Crippen molar-refractivity contribution in [3.63, 3.8) is 0 Å². The molecule has 58 valence electrons. The van der Waals surface area contributed by atoms with E-state index in [1.54, 1.807) is 0 Å². The molecule has 0 aromatic carbocycles. The molecule has 3 atom stereocenters. The van der Waals surface area contributed by atoms with Crippen LogP contribution >= 0.6 is 22.9 Å². The fraction of sp³-hybridized carbons (Fsp3) is 1.00. The third-order valence-electron chi connectivity index (χ3n) is 2.62. The molecule has 2 aliphatic rings. The summed E-state index contributed by atoms with van der Waals surface area (Å²) in [5.74, 6) is 0. The Hall–Kier alpha value is 0.650. The molecule has 0 spiro atoms. The first-order valence-corrected chi connectivity index (χ1v) is 4.86. The fourth-order valence-corrected chi connectivity index (χ4v) is 3.10. The average Bonchev–Trinajstić information content (AvgIpc) is 2.20. The van der Waals surface area contributed by atoms with E-state index in [2.05, 4.69) is 26.0 Å². The summed E-state index contributed by atoms with van der Waals surface area (Å²) in [5, 5.41) is 9.38. The second kappa shape index (κ2) is 2.60. The zero-order chi connectivity index (χ0) is 7.14. The minimum Gasteiger partial charge on any atom is -0.393 e. The lowest BCUT2D eigenvalue weighted by Gasteiger charge is -2.31. The van der Waals surface area contributed by atoms with Gasteiger partial charge in [0, 0.05) is 34.9 Å². The minimum absolute atomic E-state index is 0.0106. The van der Waals surface area contributed by atoms with Gasteiger partial charge in [-0.15, -0.1) is 0 Å². The van der Waals surface area contributed by atoms with Crippen LogP contribution in [0.25, 0.3) is 0 Å². The Morgan fingerprint density at radius 1 is 1.20 bits per heavy atom. The van der Waals surface area contributed by atoms with Crippen LogP contribution in [-0.4, -0.2) is 26.4 Å². The third kappa shape index (κ3) is 1.08. The molecule has 0 aliphatic carbocycles. The van der Waals surface area contributed by atoms with Crippen molar-refractivity contribution in [2.75, 3.05) is 0 Å². The van der Waals surface area contributed by atoms with Crippen molar-refractivity contribution in [2.24, 2.45) is 0 Å². The standard InChI is InChI=1S/C7H12INO/c8-9-5-1-2-6(9)4-7(10)3-5/h5-7,10H,1-4H2/t5-,6?,7?/m1/s1. The zero-order valence-corrected chi connectivity index (χ0v) is 7.99. The van der Waals surface area contributed by atoms with Gasteiger partial charge in [-0.1, -0.05) is 0 Å². The van der Waals surface area contributed by atoms with Gasteiger partial charge in [-0.05, 0) is 25.7 Å². The number of halogens is 1. The SMILES string of the molecule is OC1CC2CC[C@H](C1)N2I. The summed E-state index contributed by atoms with van der Waals surface area (Å²) in [5.41, 5.74) is 0. The Labute approximate surface area is 75.1 Å². The largest absolute Gasteiger partial charge is 0.393 e. The number of hydrogen-bond acceptors (Lipinski definition) is 2. The highest BCUT2D eigenvalue weighted by Crippen LogP contribution is 2.37. The van der Waals surface area contributed by atoms with E-state index in [1.165, 1.54) is 12.8 Å². The lowest BCUT2D eigenvalue weighted by Crippen LogP contribution is -2.38. The molecule has 2 heterocycles. The smallest absolute Gasteiger partial charge is 0.0570 e. The maximum Gasteiger partial charge on any atom is 0.0570 e. The fourth-order valence-electron chi connectivity index (χ4n) is 2.09. The van der Waals surface area contributed by atoms with Crippen LogP contribution in [0.4, 0.5) is 0 Å². The highest BCUT2D eigenvalue weighted by molar-refractivity contribution is 14.1. The van der Waals surface area contributed by atoms with Crippen LogP contribution in [0, 0.1) is 0 Å². The maximum atomic E-state index is 9.38. The molecule has 0 amide bonds. The zero-order valence-electron chi connectivity index (χ0n) is 5.83. The first-order valence-electron chi connectivity index (χ1n) is 3.89. The molecular weight excluding hydrogens is 241 g/mol. The van der Waals surface area contributed by atoms with Gasteiger partial charge in [-0.3, -0.25) is 0 Å². The predicted molar refractivity (Wildman–Crippen MR) is 47.9 cm³/mol. The summed E-state index contributed by atoms with van der Waals surface area (Å²) in [7, 11) is 0. The van der Waals surface area contributed by atoms with Gasteiger partial charge in [-0.2, -0.15) is 0 Å². The Morgan fingerprint density at radius 2 is 1.70 bits per heavy atom. The molecule has 2 nitrogen and oxygen atoms in total. The lowest BCUT2D eigenvalue weighted by atomic mass is 10.0. The van der Waals surface area contributed by atoms with E-state index in [1.807, 2.05) is 0 Å². The van der Waals surface area contributed by atoms with E-state index in [9.17, 15) is 5.11 Å². The number of nitrogens with zero attached hydrogens (tertiary/aromatic N) is 1. The van der Waals surface area contributed by atoms with Gasteiger partial charge in [0.15, 0.2) is 0 Å². The predicted octanol–water partition coefficient (Wildman–Crippen LogP) is 1.32. The minimum atomic E-state index is -0.0106. The number of hydrogen-bond donors (Lipinski definition) is 1. The summed E-state index contributed by atoms with van der Waals surface area (Å²) in [4.78, 5) is 0. The summed E-state index contributed by atoms with van der Waals surface area (Å²) < 4.78 is 2.41. The number of piperidine rings is 1. The van der Waals surface area contributed by atoms with Gasteiger partial charge in [0.2, 0.25) is 0 Å². The Kier molecular flexibility index (Phi) is 1.90. The van der Waals surface area contributed by atoms with Gasteiger partial charge in [-0.25, -0.2) is 3.11 Å². The normalized spacial score (nSPS) is 48.0. The van der Waals surface area contributed by atoms with E-state index >= 15 is 0 Å². The van der Waals surface area contributed by atoms with E-state index in [0.29, 0.717) is 12.1 Å². The molecule has 2 bridgehead atoms. The van der Waals surface area contributed by atoms with Crippen LogP contribution in [0.1, 0.15) is 25.7 Å². The van der Waals surface area contributed by atoms with Gasteiger partial charge < -0.3 is 5.11 Å². The van der Waals surface area contributed by atoms with E-state index in [4.69, 9.17) is 0 Å². The van der Waals surface area contributed by atoms with Gasteiger partial charge in [0.1, 0.15) is 0 Å². The van der Waals surface area contributed by atoms with E-state index in [0.717, 1.165) is 12.8 Å². The molecule has 2 fully saturated rings. The van der Waals surface area contributed by atoms with Gasteiger partial charge in [0.05, 0.1) is 6.10 Å². The molecule has 2 unspecified atom stereocenters. The number of aliphatic hydroxyl groups excluding tert-OH is 1. The van der Waals surface area contributed by atoms with E-state index in [-0.39, 0.29) is 6.10 Å². The highest BCUT2D eigenvalue weighted by Gasteiger charge is 2.38. The van der Waals surface area contributed by atoms with Crippen molar-refractivity contribution in [3.05, 3.63) is 0 Å².